The van der Waals surface area contributed by atoms with Crippen molar-refractivity contribution >= 4 is 21.8 Å². The van der Waals surface area contributed by atoms with Crippen molar-refractivity contribution in [3.8, 4) is 0 Å². The molecule has 1 aromatic heterocycles. The summed E-state index contributed by atoms with van der Waals surface area (Å²) in [6, 6.07) is 3.43. The molecule has 1 fully saturated rings. The van der Waals surface area contributed by atoms with Gasteiger partial charge in [0.1, 0.15) is 4.60 Å². The van der Waals surface area contributed by atoms with Crippen molar-refractivity contribution in [1.29, 1.82) is 0 Å². The van der Waals surface area contributed by atoms with Crippen LogP contribution in [0, 0.1) is 0 Å². The molecule has 1 aliphatic heterocycles. The van der Waals surface area contributed by atoms with E-state index in [1.54, 1.807) is 18.3 Å². The molecule has 1 N–H and O–H groups in total. The molecular weight excluding hydrogens is 310 g/mol. The smallest absolute Gasteiger partial charge is 0.251 e. The monoisotopic (exact) mass is 327 g/mol. The van der Waals surface area contributed by atoms with Crippen LogP contribution in [0.2, 0.25) is 0 Å². The summed E-state index contributed by atoms with van der Waals surface area (Å²) in [6.45, 7) is 5.31. The van der Waals surface area contributed by atoms with E-state index in [4.69, 9.17) is 4.74 Å². The van der Waals surface area contributed by atoms with Gasteiger partial charge in [0, 0.05) is 31.4 Å². The number of rotatable bonds is 5. The number of ether oxygens (including phenoxy) is 1. The van der Waals surface area contributed by atoms with E-state index in [1.165, 1.54) is 0 Å². The second-order valence-corrected chi connectivity index (χ2v) is 5.24. The van der Waals surface area contributed by atoms with Crippen LogP contribution in [0.4, 0.5) is 0 Å². The molecule has 2 rings (SSSR count). The lowest BCUT2D eigenvalue weighted by Gasteiger charge is -2.26. The molecule has 0 bridgehead atoms. The van der Waals surface area contributed by atoms with Crippen LogP contribution in [0.15, 0.2) is 22.9 Å². The number of nitrogens with one attached hydrogen (secondary N) is 1. The molecule has 104 valence electrons. The largest absolute Gasteiger partial charge is 0.379 e. The van der Waals surface area contributed by atoms with Crippen LogP contribution in [0.5, 0.6) is 0 Å². The van der Waals surface area contributed by atoms with Crippen molar-refractivity contribution in [2.75, 3.05) is 39.4 Å². The third-order valence-electron chi connectivity index (χ3n) is 3.03. The van der Waals surface area contributed by atoms with E-state index >= 15 is 0 Å². The highest BCUT2D eigenvalue weighted by Gasteiger charge is 2.10. The predicted molar refractivity (Wildman–Crippen MR) is 76.1 cm³/mol. The first-order chi connectivity index (χ1) is 9.25. The van der Waals surface area contributed by atoms with Crippen molar-refractivity contribution < 1.29 is 9.53 Å². The Morgan fingerprint density at radius 2 is 2.26 bits per heavy atom. The Morgan fingerprint density at radius 3 is 3.00 bits per heavy atom. The number of hydrogen-bond acceptors (Lipinski definition) is 4. The highest BCUT2D eigenvalue weighted by atomic mass is 79.9. The summed E-state index contributed by atoms with van der Waals surface area (Å²) >= 11 is 3.25. The standard InChI is InChI=1S/C13H18BrN3O2/c14-12-10-11(2-4-15-12)13(18)16-3-1-5-17-6-8-19-9-7-17/h2,4,10H,1,3,5-9H2,(H,16,18). The van der Waals surface area contributed by atoms with Crippen LogP contribution in [-0.4, -0.2) is 55.2 Å². The van der Waals surface area contributed by atoms with Gasteiger partial charge in [0.05, 0.1) is 13.2 Å². The molecule has 0 atom stereocenters. The molecule has 2 heterocycles. The summed E-state index contributed by atoms with van der Waals surface area (Å²) in [5.74, 6) is -0.0509. The summed E-state index contributed by atoms with van der Waals surface area (Å²) in [4.78, 5) is 18.2. The maximum Gasteiger partial charge on any atom is 0.251 e. The molecule has 1 amide bonds. The molecular formula is C13H18BrN3O2. The van der Waals surface area contributed by atoms with Gasteiger partial charge in [-0.05, 0) is 41.0 Å². The molecule has 6 heteroatoms. The molecule has 0 aromatic carbocycles. The number of carbonyl (C=O) groups excluding carboxylic acids is 1. The van der Waals surface area contributed by atoms with Crippen LogP contribution in [0.25, 0.3) is 0 Å². The van der Waals surface area contributed by atoms with E-state index in [9.17, 15) is 4.79 Å². The molecule has 0 spiro atoms. The van der Waals surface area contributed by atoms with Crippen LogP contribution >= 0.6 is 15.9 Å². The van der Waals surface area contributed by atoms with E-state index < -0.39 is 0 Å². The lowest BCUT2D eigenvalue weighted by molar-refractivity contribution is 0.0374. The normalized spacial score (nSPS) is 16.3. The first-order valence-electron chi connectivity index (χ1n) is 6.45. The fourth-order valence-electron chi connectivity index (χ4n) is 1.98. The van der Waals surface area contributed by atoms with E-state index in [-0.39, 0.29) is 5.91 Å². The first kappa shape index (κ1) is 14.4. The van der Waals surface area contributed by atoms with E-state index in [1.807, 2.05) is 0 Å². The Hall–Kier alpha value is -0.980. The molecule has 0 unspecified atom stereocenters. The highest BCUT2D eigenvalue weighted by Crippen LogP contribution is 2.07. The Morgan fingerprint density at radius 1 is 1.47 bits per heavy atom. The van der Waals surface area contributed by atoms with Crippen LogP contribution in [0.1, 0.15) is 16.8 Å². The number of halogens is 1. The second-order valence-electron chi connectivity index (χ2n) is 4.43. The Bertz CT molecular complexity index is 422. The van der Waals surface area contributed by atoms with Gasteiger partial charge >= 0.3 is 0 Å². The van der Waals surface area contributed by atoms with Crippen molar-refractivity contribution in [2.24, 2.45) is 0 Å². The minimum Gasteiger partial charge on any atom is -0.379 e. The summed E-state index contributed by atoms with van der Waals surface area (Å²) in [6.07, 6.45) is 2.57. The van der Waals surface area contributed by atoms with Gasteiger partial charge in [-0.25, -0.2) is 4.98 Å². The van der Waals surface area contributed by atoms with Crippen LogP contribution < -0.4 is 5.32 Å². The number of aromatic nitrogens is 1. The van der Waals surface area contributed by atoms with Crippen LogP contribution in [-0.2, 0) is 4.74 Å². The number of hydrogen-bond donors (Lipinski definition) is 1. The molecule has 1 aliphatic rings. The molecule has 19 heavy (non-hydrogen) atoms. The number of amides is 1. The zero-order chi connectivity index (χ0) is 13.5. The quantitative estimate of drug-likeness (QED) is 0.654. The summed E-state index contributed by atoms with van der Waals surface area (Å²) < 4.78 is 5.97. The fraction of sp³-hybridized carbons (Fsp3) is 0.538. The lowest BCUT2D eigenvalue weighted by Crippen LogP contribution is -2.38. The minimum atomic E-state index is -0.0509. The molecule has 1 aromatic rings. The SMILES string of the molecule is O=C(NCCCN1CCOCC1)c1ccnc(Br)c1. The van der Waals surface area contributed by atoms with Gasteiger partial charge in [-0.1, -0.05) is 0 Å². The van der Waals surface area contributed by atoms with Gasteiger partial charge in [0.2, 0.25) is 0 Å². The summed E-state index contributed by atoms with van der Waals surface area (Å²) in [5.41, 5.74) is 0.633. The van der Waals surface area contributed by atoms with Crippen molar-refractivity contribution in [2.45, 2.75) is 6.42 Å². The third kappa shape index (κ3) is 4.89. The van der Waals surface area contributed by atoms with Crippen molar-refractivity contribution in [3.05, 3.63) is 28.5 Å². The molecule has 1 saturated heterocycles. The topological polar surface area (TPSA) is 54.5 Å². The van der Waals surface area contributed by atoms with Gasteiger partial charge in [-0.2, -0.15) is 0 Å². The summed E-state index contributed by atoms with van der Waals surface area (Å²) in [5, 5.41) is 2.92. The van der Waals surface area contributed by atoms with Gasteiger partial charge in [0.15, 0.2) is 0 Å². The number of carbonyl (C=O) groups is 1. The maximum atomic E-state index is 11.9. The van der Waals surface area contributed by atoms with Gasteiger partial charge in [-0.3, -0.25) is 9.69 Å². The zero-order valence-electron chi connectivity index (χ0n) is 10.8. The van der Waals surface area contributed by atoms with Gasteiger partial charge in [-0.15, -0.1) is 0 Å². The highest BCUT2D eigenvalue weighted by molar-refractivity contribution is 9.10. The number of morpholine rings is 1. The molecule has 0 saturated carbocycles. The van der Waals surface area contributed by atoms with Crippen molar-refractivity contribution in [3.63, 3.8) is 0 Å². The summed E-state index contributed by atoms with van der Waals surface area (Å²) in [7, 11) is 0. The molecule has 5 nitrogen and oxygen atoms in total. The van der Waals surface area contributed by atoms with Gasteiger partial charge in [0.25, 0.3) is 5.91 Å². The maximum absolute atomic E-state index is 11.9. The number of pyridine rings is 1. The fourth-order valence-corrected chi connectivity index (χ4v) is 2.34. The van der Waals surface area contributed by atoms with E-state index in [0.717, 1.165) is 39.3 Å². The Labute approximate surface area is 121 Å². The minimum absolute atomic E-state index is 0.0509. The Balaban J connectivity index is 1.66. The first-order valence-corrected chi connectivity index (χ1v) is 7.25. The zero-order valence-corrected chi connectivity index (χ0v) is 12.4. The van der Waals surface area contributed by atoms with E-state index in [0.29, 0.717) is 16.7 Å². The lowest BCUT2D eigenvalue weighted by atomic mass is 10.2. The third-order valence-corrected chi connectivity index (χ3v) is 3.46. The molecule has 0 radical (unpaired) electrons. The average molecular weight is 328 g/mol. The van der Waals surface area contributed by atoms with Crippen LogP contribution in [0.3, 0.4) is 0 Å². The van der Waals surface area contributed by atoms with Crippen molar-refractivity contribution in [1.82, 2.24) is 15.2 Å². The predicted octanol–water partition coefficient (Wildman–Crippen LogP) is 1.30. The molecule has 0 aliphatic carbocycles. The Kier molecular flexibility index (Phi) is 5.75. The van der Waals surface area contributed by atoms with E-state index in [2.05, 4.69) is 31.1 Å². The second kappa shape index (κ2) is 7.57. The number of nitrogens with zero attached hydrogens (tertiary/aromatic N) is 2. The average Bonchev–Trinajstić information content (AvgIpc) is 2.44. The van der Waals surface area contributed by atoms with Gasteiger partial charge < -0.3 is 10.1 Å².